The Kier molecular flexibility index (Phi) is 9.94. The molecule has 0 radical (unpaired) electrons. The number of rotatable bonds is 12. The molecule has 3 saturated heterocycles. The van der Waals surface area contributed by atoms with Gasteiger partial charge in [-0.25, -0.2) is 0 Å². The molecule has 0 N–H and O–H groups in total. The number of piperidine rings is 1. The molecule has 0 amide bonds. The highest BCUT2D eigenvalue weighted by Gasteiger charge is 2.88. The summed E-state index contributed by atoms with van der Waals surface area (Å²) in [6, 6.07) is 20.5. The number of esters is 1. The van der Waals surface area contributed by atoms with E-state index in [1.54, 1.807) is 0 Å². The number of nitrogens with zero attached hydrogens (tertiary/aromatic N) is 1. The SMILES string of the molecule is CC(C)C1=CC2CC3(C4OCCO4)[C@@H]4CC[C@@H](C)[C@H]4CC2(C2CC(CCC=O)C(CN4CCCCC4)O2)C13C(=O)OC(c1ccccc1)c1ccccc1. The van der Waals surface area contributed by atoms with Gasteiger partial charge in [0.15, 0.2) is 12.4 Å². The van der Waals surface area contributed by atoms with E-state index in [2.05, 4.69) is 56.0 Å². The van der Waals surface area contributed by atoms with Crippen molar-refractivity contribution in [2.75, 3.05) is 32.8 Å². The number of hydrogen-bond acceptors (Lipinski definition) is 7. The molecule has 0 aromatic heterocycles. The molecule has 3 heterocycles. The Labute approximate surface area is 322 Å². The predicted molar refractivity (Wildman–Crippen MR) is 207 cm³/mol. The molecular weight excluding hydrogens is 675 g/mol. The van der Waals surface area contributed by atoms with Crippen LogP contribution in [0.4, 0.5) is 0 Å². The Morgan fingerprint density at radius 1 is 0.926 bits per heavy atom. The Hall–Kier alpha value is -2.84. The number of allylic oxidation sites excluding steroid dienone is 1. The number of hydrogen-bond donors (Lipinski definition) is 0. The van der Waals surface area contributed by atoms with Crippen molar-refractivity contribution in [3.63, 3.8) is 0 Å². The first-order valence-corrected chi connectivity index (χ1v) is 21.4. The van der Waals surface area contributed by atoms with Gasteiger partial charge in [0.2, 0.25) is 0 Å². The number of aldehydes is 1. The van der Waals surface area contributed by atoms with Gasteiger partial charge in [-0.2, -0.15) is 0 Å². The molecule has 3 aliphatic heterocycles. The number of likely N-dealkylation sites (tertiary alicyclic amines) is 1. The number of carbonyl (C=O) groups excluding carboxylic acids is 2. The molecule has 290 valence electrons. The number of fused-ring (bicyclic) bond motifs is 2. The van der Waals surface area contributed by atoms with Crippen LogP contribution in [0.3, 0.4) is 0 Å². The average Bonchev–Trinajstić information content (AvgIpc) is 4.03. The van der Waals surface area contributed by atoms with Crippen molar-refractivity contribution in [2.45, 2.75) is 110 Å². The fourth-order valence-electron chi connectivity index (χ4n) is 13.8. The third kappa shape index (κ3) is 5.41. The van der Waals surface area contributed by atoms with Gasteiger partial charge in [-0.1, -0.05) is 106 Å². The third-order valence-electron chi connectivity index (χ3n) is 15.7. The molecule has 7 nitrogen and oxygen atoms in total. The molecule has 4 aliphatic carbocycles. The van der Waals surface area contributed by atoms with Gasteiger partial charge >= 0.3 is 5.97 Å². The number of carbonyl (C=O) groups is 2. The first kappa shape index (κ1) is 36.8. The molecule has 7 heteroatoms. The van der Waals surface area contributed by atoms with E-state index in [1.165, 1.54) is 24.8 Å². The van der Waals surface area contributed by atoms with Crippen molar-refractivity contribution in [1.82, 2.24) is 4.90 Å². The van der Waals surface area contributed by atoms with Gasteiger partial charge in [0, 0.05) is 23.8 Å². The maximum atomic E-state index is 16.5. The molecule has 4 bridgehead atoms. The summed E-state index contributed by atoms with van der Waals surface area (Å²) in [7, 11) is 0. The first-order chi connectivity index (χ1) is 26.3. The van der Waals surface area contributed by atoms with E-state index < -0.39 is 28.6 Å². The average molecular weight is 736 g/mol. The van der Waals surface area contributed by atoms with Crippen LogP contribution in [-0.4, -0.2) is 68.5 Å². The summed E-state index contributed by atoms with van der Waals surface area (Å²) >= 11 is 0. The van der Waals surface area contributed by atoms with Crippen molar-refractivity contribution in [3.05, 3.63) is 83.4 Å². The monoisotopic (exact) mass is 735 g/mol. The zero-order valence-corrected chi connectivity index (χ0v) is 32.7. The van der Waals surface area contributed by atoms with Gasteiger partial charge in [-0.05, 0) is 105 Å². The molecule has 6 fully saturated rings. The van der Waals surface area contributed by atoms with Crippen molar-refractivity contribution >= 4 is 12.3 Å². The van der Waals surface area contributed by atoms with Crippen LogP contribution in [0.25, 0.3) is 0 Å². The molecule has 3 saturated carbocycles. The summed E-state index contributed by atoms with van der Waals surface area (Å²) in [5.74, 6) is 1.69. The third-order valence-corrected chi connectivity index (χ3v) is 15.7. The fourth-order valence-corrected chi connectivity index (χ4v) is 13.8. The zero-order chi connectivity index (χ0) is 37.1. The van der Waals surface area contributed by atoms with Crippen LogP contribution in [0.1, 0.15) is 102 Å². The highest BCUT2D eigenvalue weighted by molar-refractivity contribution is 5.87. The topological polar surface area (TPSA) is 74.3 Å². The Morgan fingerprint density at radius 3 is 2.26 bits per heavy atom. The Morgan fingerprint density at radius 2 is 1.61 bits per heavy atom. The van der Waals surface area contributed by atoms with E-state index in [4.69, 9.17) is 18.9 Å². The largest absolute Gasteiger partial charge is 0.452 e. The zero-order valence-electron chi connectivity index (χ0n) is 32.7. The molecule has 2 aromatic rings. The van der Waals surface area contributed by atoms with Crippen LogP contribution in [0, 0.1) is 51.8 Å². The van der Waals surface area contributed by atoms with E-state index in [9.17, 15) is 4.79 Å². The lowest BCUT2D eigenvalue weighted by atomic mass is 9.40. The van der Waals surface area contributed by atoms with E-state index in [0.29, 0.717) is 31.5 Å². The lowest BCUT2D eigenvalue weighted by Crippen LogP contribution is -2.68. The smallest absolute Gasteiger partial charge is 0.318 e. The Bertz CT molecular complexity index is 1640. The predicted octanol–water partition coefficient (Wildman–Crippen LogP) is 8.57. The van der Waals surface area contributed by atoms with E-state index in [1.807, 2.05) is 36.4 Å². The summed E-state index contributed by atoms with van der Waals surface area (Å²) < 4.78 is 28.3. The molecule has 7 aliphatic rings. The number of benzene rings is 2. The first-order valence-electron chi connectivity index (χ1n) is 21.4. The van der Waals surface area contributed by atoms with Gasteiger partial charge in [0.05, 0.1) is 25.4 Å². The Balaban J connectivity index is 1.22. The minimum atomic E-state index is -0.985. The van der Waals surface area contributed by atoms with Crippen LogP contribution < -0.4 is 0 Å². The van der Waals surface area contributed by atoms with Crippen molar-refractivity contribution < 1.29 is 28.5 Å². The van der Waals surface area contributed by atoms with Gasteiger partial charge < -0.3 is 28.6 Å². The summed E-state index contributed by atoms with van der Waals surface area (Å²) in [4.78, 5) is 30.9. The molecular formula is C47H61NO6. The van der Waals surface area contributed by atoms with Gasteiger partial charge in [0.1, 0.15) is 11.7 Å². The van der Waals surface area contributed by atoms with E-state index in [0.717, 1.165) is 75.6 Å². The molecule has 10 atom stereocenters. The number of ether oxygens (including phenoxy) is 4. The van der Waals surface area contributed by atoms with Gasteiger partial charge in [-0.3, -0.25) is 4.79 Å². The maximum Gasteiger partial charge on any atom is 0.318 e. The minimum absolute atomic E-state index is 0.0338. The van der Waals surface area contributed by atoms with Crippen LogP contribution in [0.15, 0.2) is 72.3 Å². The van der Waals surface area contributed by atoms with Crippen LogP contribution in [-0.2, 0) is 28.5 Å². The van der Waals surface area contributed by atoms with Gasteiger partial charge in [0.25, 0.3) is 0 Å². The normalized spacial score (nSPS) is 39.0. The standard InChI is InChI=1S/C47H61NO6/c1-31(2)39-27-36-28-46(44-51-24-25-52-44)38-20-19-32(3)37(38)29-45(36,41-26-35(18-13-23-49)40(53-41)30-48-21-11-6-12-22-48)47(39,46)43(50)54-42(33-14-7-4-8-15-33)34-16-9-5-10-17-34/h4-5,7-10,14-17,23,27,31-32,35-38,40-42,44H,6,11-13,18-22,24-26,28-30H2,1-3H3/t32-,35?,36?,37-,38-,40?,41?,45?,46?,47?/m1/s1. The highest BCUT2D eigenvalue weighted by Crippen LogP contribution is 2.86. The van der Waals surface area contributed by atoms with E-state index in [-0.39, 0.29) is 41.8 Å². The maximum absolute atomic E-state index is 16.5. The minimum Gasteiger partial charge on any atom is -0.452 e. The summed E-state index contributed by atoms with van der Waals surface area (Å²) in [6.07, 6.45) is 12.5. The van der Waals surface area contributed by atoms with Crippen LogP contribution in [0.5, 0.6) is 0 Å². The second-order valence-electron chi connectivity index (χ2n) is 18.4. The lowest BCUT2D eigenvalue weighted by molar-refractivity contribution is -0.256. The molecule has 9 rings (SSSR count). The van der Waals surface area contributed by atoms with Gasteiger partial charge in [-0.15, -0.1) is 0 Å². The summed E-state index contributed by atoms with van der Waals surface area (Å²) in [5.41, 5.74) is 1.09. The summed E-state index contributed by atoms with van der Waals surface area (Å²) in [6.45, 7) is 11.2. The van der Waals surface area contributed by atoms with Crippen LogP contribution in [0.2, 0.25) is 0 Å². The van der Waals surface area contributed by atoms with Crippen LogP contribution >= 0.6 is 0 Å². The van der Waals surface area contributed by atoms with Crippen molar-refractivity contribution in [2.24, 2.45) is 51.8 Å². The second kappa shape index (κ2) is 14.6. The molecule has 54 heavy (non-hydrogen) atoms. The lowest BCUT2D eigenvalue weighted by Gasteiger charge is -2.63. The molecule has 7 unspecified atom stereocenters. The molecule has 0 spiro atoms. The molecule has 2 aromatic carbocycles. The fraction of sp³-hybridized carbons (Fsp3) is 0.660. The van der Waals surface area contributed by atoms with E-state index >= 15 is 4.79 Å². The van der Waals surface area contributed by atoms with Crippen molar-refractivity contribution in [3.8, 4) is 0 Å². The second-order valence-corrected chi connectivity index (χ2v) is 18.4. The van der Waals surface area contributed by atoms with Crippen molar-refractivity contribution in [1.29, 1.82) is 0 Å². The summed E-state index contributed by atoms with van der Waals surface area (Å²) in [5, 5.41) is 0. The highest BCUT2D eigenvalue weighted by atomic mass is 16.7. The quantitative estimate of drug-likeness (QED) is 0.123.